The Balaban J connectivity index is 1.96. The summed E-state index contributed by atoms with van der Waals surface area (Å²) in [5.74, 6) is -1.62. The summed E-state index contributed by atoms with van der Waals surface area (Å²) in [6, 6.07) is 14.3. The Hall–Kier alpha value is -3.67. The average Bonchev–Trinajstić information content (AvgIpc) is 2.65. The third-order valence-electron chi connectivity index (χ3n) is 4.40. The largest absolute Gasteiger partial charge is 0.497 e. The Morgan fingerprint density at radius 3 is 2.42 bits per heavy atom. The number of ether oxygens (including phenoxy) is 1. The van der Waals surface area contributed by atoms with Crippen LogP contribution < -0.4 is 9.64 Å². The average molecular weight is 347 g/mol. The summed E-state index contributed by atoms with van der Waals surface area (Å²) < 4.78 is 5.26. The molecule has 6 heteroatoms. The van der Waals surface area contributed by atoms with E-state index in [9.17, 15) is 19.5 Å². The molecule has 26 heavy (non-hydrogen) atoms. The molecule has 0 radical (unpaired) electrons. The Morgan fingerprint density at radius 1 is 0.962 bits per heavy atom. The second kappa shape index (κ2) is 5.70. The first-order valence-electron chi connectivity index (χ1n) is 7.84. The number of amides is 2. The van der Waals surface area contributed by atoms with E-state index < -0.39 is 17.8 Å². The zero-order chi connectivity index (χ0) is 18.4. The van der Waals surface area contributed by atoms with Crippen LogP contribution in [0.1, 0.15) is 31.1 Å². The summed E-state index contributed by atoms with van der Waals surface area (Å²) in [6.45, 7) is 0. The molecule has 0 spiro atoms. The van der Waals surface area contributed by atoms with Gasteiger partial charge in [0.1, 0.15) is 5.75 Å². The van der Waals surface area contributed by atoms with E-state index in [1.807, 2.05) is 6.07 Å². The maximum Gasteiger partial charge on any atom is 0.335 e. The second-order valence-corrected chi connectivity index (χ2v) is 5.88. The maximum absolute atomic E-state index is 13.1. The van der Waals surface area contributed by atoms with E-state index in [1.165, 1.54) is 31.4 Å². The lowest BCUT2D eigenvalue weighted by Gasteiger charge is -2.27. The van der Waals surface area contributed by atoms with Crippen LogP contribution in [0.5, 0.6) is 5.75 Å². The lowest BCUT2D eigenvalue weighted by atomic mass is 9.93. The molecule has 1 aliphatic heterocycles. The molecule has 4 rings (SSSR count). The van der Waals surface area contributed by atoms with Crippen molar-refractivity contribution in [2.45, 2.75) is 0 Å². The Kier molecular flexibility index (Phi) is 3.47. The normalized spacial score (nSPS) is 13.2. The second-order valence-electron chi connectivity index (χ2n) is 5.88. The van der Waals surface area contributed by atoms with Gasteiger partial charge in [-0.2, -0.15) is 0 Å². The Labute approximate surface area is 148 Å². The van der Waals surface area contributed by atoms with Crippen LogP contribution in [0.25, 0.3) is 10.8 Å². The smallest absolute Gasteiger partial charge is 0.335 e. The highest BCUT2D eigenvalue weighted by Crippen LogP contribution is 2.35. The highest BCUT2D eigenvalue weighted by Gasteiger charge is 2.34. The van der Waals surface area contributed by atoms with Gasteiger partial charge in [0.25, 0.3) is 11.8 Å². The number of carboxylic acid groups (broad SMARTS) is 1. The standard InChI is InChI=1S/C20H13NO5/c1-26-14-9-11-4-3-7-15-17(11)16(10-14)19(23)21(18(15)22)13-6-2-5-12(8-13)20(24)25/h2-10H,1H3,(H,24,25). The fraction of sp³-hybridized carbons (Fsp3) is 0.0500. The number of benzene rings is 3. The van der Waals surface area contributed by atoms with Crippen molar-refractivity contribution < 1.29 is 24.2 Å². The van der Waals surface area contributed by atoms with Crippen molar-refractivity contribution in [2.24, 2.45) is 0 Å². The Bertz CT molecular complexity index is 1100. The van der Waals surface area contributed by atoms with Crippen molar-refractivity contribution >= 4 is 34.2 Å². The van der Waals surface area contributed by atoms with Gasteiger partial charge in [-0.05, 0) is 41.8 Å². The van der Waals surface area contributed by atoms with Crippen molar-refractivity contribution in [3.63, 3.8) is 0 Å². The van der Waals surface area contributed by atoms with E-state index in [0.717, 1.165) is 10.3 Å². The van der Waals surface area contributed by atoms with Crippen LogP contribution in [0.3, 0.4) is 0 Å². The number of imide groups is 1. The van der Waals surface area contributed by atoms with Gasteiger partial charge in [0.2, 0.25) is 0 Å². The van der Waals surface area contributed by atoms with E-state index in [1.54, 1.807) is 24.3 Å². The van der Waals surface area contributed by atoms with Crippen molar-refractivity contribution in [2.75, 3.05) is 12.0 Å². The molecule has 128 valence electrons. The van der Waals surface area contributed by atoms with E-state index in [0.29, 0.717) is 22.3 Å². The van der Waals surface area contributed by atoms with Crippen LogP contribution >= 0.6 is 0 Å². The highest BCUT2D eigenvalue weighted by molar-refractivity contribution is 6.36. The zero-order valence-electron chi connectivity index (χ0n) is 13.7. The van der Waals surface area contributed by atoms with E-state index in [-0.39, 0.29) is 11.3 Å². The highest BCUT2D eigenvalue weighted by atomic mass is 16.5. The van der Waals surface area contributed by atoms with Crippen molar-refractivity contribution in [1.29, 1.82) is 0 Å². The van der Waals surface area contributed by atoms with Gasteiger partial charge in [0, 0.05) is 10.9 Å². The molecule has 3 aromatic carbocycles. The summed E-state index contributed by atoms with van der Waals surface area (Å²) in [5.41, 5.74) is 0.943. The molecule has 6 nitrogen and oxygen atoms in total. The molecule has 1 N–H and O–H groups in total. The number of carboxylic acids is 1. The number of anilines is 1. The first kappa shape index (κ1) is 15.8. The van der Waals surface area contributed by atoms with Crippen LogP contribution in [-0.2, 0) is 0 Å². The molecule has 1 heterocycles. The van der Waals surface area contributed by atoms with Crippen LogP contribution in [0.4, 0.5) is 5.69 Å². The molecule has 0 unspecified atom stereocenters. The molecule has 0 fully saturated rings. The zero-order valence-corrected chi connectivity index (χ0v) is 13.7. The topological polar surface area (TPSA) is 83.9 Å². The Morgan fingerprint density at radius 2 is 1.69 bits per heavy atom. The van der Waals surface area contributed by atoms with Crippen LogP contribution in [0.2, 0.25) is 0 Å². The number of carbonyl (C=O) groups excluding carboxylic acids is 2. The summed E-state index contributed by atoms with van der Waals surface area (Å²) in [6.07, 6.45) is 0. The predicted molar refractivity (Wildman–Crippen MR) is 95.0 cm³/mol. The number of hydrogen-bond donors (Lipinski definition) is 1. The summed E-state index contributed by atoms with van der Waals surface area (Å²) in [7, 11) is 1.50. The first-order valence-corrected chi connectivity index (χ1v) is 7.84. The van der Waals surface area contributed by atoms with Gasteiger partial charge >= 0.3 is 5.97 Å². The van der Waals surface area contributed by atoms with Gasteiger partial charge in [-0.15, -0.1) is 0 Å². The molecule has 0 bridgehead atoms. The number of hydrogen-bond acceptors (Lipinski definition) is 4. The van der Waals surface area contributed by atoms with Crippen LogP contribution in [0, 0.1) is 0 Å². The molecule has 3 aromatic rings. The first-order chi connectivity index (χ1) is 12.5. The lowest BCUT2D eigenvalue weighted by molar-refractivity contribution is 0.0695. The monoisotopic (exact) mass is 347 g/mol. The third-order valence-corrected chi connectivity index (χ3v) is 4.40. The maximum atomic E-state index is 13.1. The molecule has 2 amide bonds. The minimum Gasteiger partial charge on any atom is -0.497 e. The SMILES string of the molecule is COc1cc2c3c(cccc3c1)C(=O)N(c1cccc(C(=O)O)c1)C2=O. The number of methoxy groups -OCH3 is 1. The molecule has 1 aliphatic rings. The quantitative estimate of drug-likeness (QED) is 0.735. The van der Waals surface area contributed by atoms with Crippen molar-refractivity contribution in [3.8, 4) is 5.75 Å². The van der Waals surface area contributed by atoms with Gasteiger partial charge in [0.05, 0.1) is 23.9 Å². The lowest BCUT2D eigenvalue weighted by Crippen LogP contribution is -2.40. The summed E-state index contributed by atoms with van der Waals surface area (Å²) in [5, 5.41) is 10.5. The van der Waals surface area contributed by atoms with Crippen molar-refractivity contribution in [1.82, 2.24) is 0 Å². The predicted octanol–water partition coefficient (Wildman–Crippen LogP) is 3.35. The van der Waals surface area contributed by atoms with Gasteiger partial charge in [0.15, 0.2) is 0 Å². The minimum atomic E-state index is -1.13. The van der Waals surface area contributed by atoms with E-state index >= 15 is 0 Å². The molecular weight excluding hydrogens is 334 g/mol. The fourth-order valence-corrected chi connectivity index (χ4v) is 3.21. The van der Waals surface area contributed by atoms with Gasteiger partial charge in [-0.25, -0.2) is 9.69 Å². The summed E-state index contributed by atoms with van der Waals surface area (Å²) in [4.78, 5) is 38.3. The number of nitrogens with zero attached hydrogens (tertiary/aromatic N) is 1. The molecular formula is C20H13NO5. The minimum absolute atomic E-state index is 0.00209. The van der Waals surface area contributed by atoms with Crippen molar-refractivity contribution in [3.05, 3.63) is 71.3 Å². The van der Waals surface area contributed by atoms with E-state index in [2.05, 4.69) is 0 Å². The third kappa shape index (κ3) is 2.23. The van der Waals surface area contributed by atoms with E-state index in [4.69, 9.17) is 4.74 Å². The fourth-order valence-electron chi connectivity index (χ4n) is 3.21. The molecule has 0 aromatic heterocycles. The van der Waals surface area contributed by atoms with Gasteiger partial charge in [-0.3, -0.25) is 9.59 Å². The molecule has 0 aliphatic carbocycles. The molecule has 0 saturated heterocycles. The molecule has 0 atom stereocenters. The molecule has 0 saturated carbocycles. The number of aromatic carboxylic acids is 1. The van der Waals surface area contributed by atoms with Gasteiger partial charge in [-0.1, -0.05) is 18.2 Å². The number of carbonyl (C=O) groups is 3. The van der Waals surface area contributed by atoms with Crippen LogP contribution in [-0.4, -0.2) is 30.0 Å². The van der Waals surface area contributed by atoms with Crippen LogP contribution in [0.15, 0.2) is 54.6 Å². The van der Waals surface area contributed by atoms with Gasteiger partial charge < -0.3 is 9.84 Å². The number of rotatable bonds is 3. The summed E-state index contributed by atoms with van der Waals surface area (Å²) >= 11 is 0.